The second kappa shape index (κ2) is 11.2. The summed E-state index contributed by atoms with van der Waals surface area (Å²) in [6.07, 6.45) is 5.54. The van der Waals surface area contributed by atoms with Crippen molar-refractivity contribution in [2.45, 2.75) is 58.3 Å². The molecule has 3 heterocycles. The van der Waals surface area contributed by atoms with Crippen LogP contribution in [-0.4, -0.2) is 51.9 Å². The minimum absolute atomic E-state index is 0.191. The number of aliphatic hydroxyl groups is 2. The molecule has 1 fully saturated rings. The first-order valence-corrected chi connectivity index (χ1v) is 14.3. The van der Waals surface area contributed by atoms with Gasteiger partial charge in [-0.25, -0.2) is 0 Å². The molecule has 40 heavy (non-hydrogen) atoms. The third kappa shape index (κ3) is 6.06. The molecule has 212 valence electrons. The van der Waals surface area contributed by atoms with Crippen LogP contribution in [0.1, 0.15) is 62.9 Å². The largest absolute Gasteiger partial charge is 0.491 e. The van der Waals surface area contributed by atoms with E-state index < -0.39 is 11.2 Å². The van der Waals surface area contributed by atoms with Crippen LogP contribution in [0.15, 0.2) is 66.9 Å². The van der Waals surface area contributed by atoms with Gasteiger partial charge < -0.3 is 24.6 Å². The van der Waals surface area contributed by atoms with E-state index in [4.69, 9.17) is 21.1 Å². The van der Waals surface area contributed by atoms with Gasteiger partial charge in [-0.3, -0.25) is 4.98 Å². The van der Waals surface area contributed by atoms with Gasteiger partial charge in [-0.15, -0.1) is 0 Å². The fourth-order valence-electron chi connectivity index (χ4n) is 5.77. The Morgan fingerprint density at radius 1 is 1.12 bits per heavy atom. The van der Waals surface area contributed by atoms with Crippen LogP contribution in [0.25, 0.3) is 5.57 Å². The summed E-state index contributed by atoms with van der Waals surface area (Å²) in [4.78, 5) is 7.03. The fourth-order valence-corrected chi connectivity index (χ4v) is 5.90. The minimum atomic E-state index is -0.930. The molecule has 0 saturated carbocycles. The van der Waals surface area contributed by atoms with Crippen LogP contribution in [0.4, 0.5) is 0 Å². The third-order valence-corrected chi connectivity index (χ3v) is 8.27. The van der Waals surface area contributed by atoms with Gasteiger partial charge in [-0.1, -0.05) is 49.7 Å². The molecule has 0 spiro atoms. The third-order valence-electron chi connectivity index (χ3n) is 8.02. The highest BCUT2D eigenvalue weighted by Crippen LogP contribution is 2.46. The molecule has 2 aliphatic rings. The molecule has 1 aromatic heterocycles. The van der Waals surface area contributed by atoms with Crippen LogP contribution in [0.3, 0.4) is 0 Å². The molecule has 1 atom stereocenters. The van der Waals surface area contributed by atoms with Crippen molar-refractivity contribution in [3.8, 4) is 11.5 Å². The molecular formula is C33H39ClN2O4. The van der Waals surface area contributed by atoms with Crippen molar-refractivity contribution in [1.29, 1.82) is 0 Å². The molecule has 7 heteroatoms. The quantitative estimate of drug-likeness (QED) is 0.356. The van der Waals surface area contributed by atoms with E-state index in [1.165, 1.54) is 0 Å². The molecule has 6 nitrogen and oxygen atoms in total. The van der Waals surface area contributed by atoms with Crippen molar-refractivity contribution in [2.75, 3.05) is 26.2 Å². The number of fused-ring (bicyclic) bond motifs is 2. The predicted molar refractivity (Wildman–Crippen MR) is 159 cm³/mol. The summed E-state index contributed by atoms with van der Waals surface area (Å²) in [6, 6.07) is 17.4. The topological polar surface area (TPSA) is 75.1 Å². The summed E-state index contributed by atoms with van der Waals surface area (Å²) < 4.78 is 12.1. The molecule has 0 radical (unpaired) electrons. The standard InChI is InChI=1S/C33H39ClN2O4/c1-31(2)21-36(18-15-33(31,38)23-9-11-24(34)12-10-23)17-6-8-26-27-7-5-16-35-29(27)20-39-30-14-13-25(19-28(26)30)40-22-32(3,4)37/h5,7-14,16,19,37-38H,6,15,17-18,20-22H2,1-4H3/b26-8-. The number of halogens is 1. The zero-order valence-electron chi connectivity index (χ0n) is 23.8. The lowest BCUT2D eigenvalue weighted by Crippen LogP contribution is -2.55. The Hall–Kier alpha value is -2.90. The van der Waals surface area contributed by atoms with E-state index in [0.29, 0.717) is 23.8 Å². The van der Waals surface area contributed by atoms with Crippen molar-refractivity contribution < 1.29 is 19.7 Å². The van der Waals surface area contributed by atoms with E-state index in [1.54, 1.807) is 20.0 Å². The Morgan fingerprint density at radius 3 is 2.62 bits per heavy atom. The smallest absolute Gasteiger partial charge is 0.131 e. The average molecular weight is 563 g/mol. The summed E-state index contributed by atoms with van der Waals surface area (Å²) in [7, 11) is 0. The van der Waals surface area contributed by atoms with Crippen LogP contribution in [-0.2, 0) is 12.2 Å². The van der Waals surface area contributed by atoms with Gasteiger partial charge >= 0.3 is 0 Å². The number of hydrogen-bond donors (Lipinski definition) is 2. The predicted octanol–water partition coefficient (Wildman–Crippen LogP) is 6.22. The average Bonchev–Trinajstić information content (AvgIpc) is 3.06. The number of aromatic nitrogens is 1. The molecule has 2 N–H and O–H groups in total. The summed E-state index contributed by atoms with van der Waals surface area (Å²) in [5, 5.41) is 22.6. The highest BCUT2D eigenvalue weighted by atomic mass is 35.5. The van der Waals surface area contributed by atoms with E-state index in [-0.39, 0.29) is 12.0 Å². The highest BCUT2D eigenvalue weighted by molar-refractivity contribution is 6.30. The van der Waals surface area contributed by atoms with Gasteiger partial charge in [0.15, 0.2) is 0 Å². The Morgan fingerprint density at radius 2 is 1.90 bits per heavy atom. The molecular weight excluding hydrogens is 524 g/mol. The van der Waals surface area contributed by atoms with Gasteiger partial charge in [-0.2, -0.15) is 0 Å². The van der Waals surface area contributed by atoms with E-state index in [1.807, 2.05) is 48.5 Å². The SMILES string of the molecule is CC(C)(O)COc1ccc2c(c1)/C(=C\CCN1CCC(O)(c3ccc(Cl)cc3)C(C)(C)C1)c1cccnc1CO2. The van der Waals surface area contributed by atoms with Crippen LogP contribution in [0, 0.1) is 5.41 Å². The number of hydrogen-bond acceptors (Lipinski definition) is 6. The lowest BCUT2D eigenvalue weighted by Gasteiger charge is -2.50. The summed E-state index contributed by atoms with van der Waals surface area (Å²) >= 11 is 6.10. The van der Waals surface area contributed by atoms with Crippen LogP contribution in [0.5, 0.6) is 11.5 Å². The Balaban J connectivity index is 1.36. The first kappa shape index (κ1) is 28.6. The first-order chi connectivity index (χ1) is 19.0. The van der Waals surface area contributed by atoms with Gasteiger partial charge in [0.25, 0.3) is 0 Å². The molecule has 2 aromatic carbocycles. The van der Waals surface area contributed by atoms with Crippen molar-refractivity contribution in [3.63, 3.8) is 0 Å². The second-order valence-electron chi connectivity index (χ2n) is 12.2. The maximum absolute atomic E-state index is 11.7. The Bertz CT molecular complexity index is 1380. The van der Waals surface area contributed by atoms with E-state index in [2.05, 4.69) is 35.9 Å². The van der Waals surface area contributed by atoms with Gasteiger partial charge in [0.05, 0.1) is 16.9 Å². The van der Waals surface area contributed by atoms with Crippen LogP contribution >= 0.6 is 11.6 Å². The highest BCUT2D eigenvalue weighted by Gasteiger charge is 2.48. The van der Waals surface area contributed by atoms with Crippen LogP contribution in [0.2, 0.25) is 5.02 Å². The maximum atomic E-state index is 11.7. The normalized spacial score (nSPS) is 21.7. The van der Waals surface area contributed by atoms with Crippen molar-refractivity contribution in [2.24, 2.45) is 5.41 Å². The Labute approximate surface area is 242 Å². The minimum Gasteiger partial charge on any atom is -0.491 e. The number of benzene rings is 2. The maximum Gasteiger partial charge on any atom is 0.131 e. The molecule has 2 aliphatic heterocycles. The molecule has 0 amide bonds. The number of piperidine rings is 1. The van der Waals surface area contributed by atoms with E-state index in [9.17, 15) is 10.2 Å². The second-order valence-corrected chi connectivity index (χ2v) is 12.7. The van der Waals surface area contributed by atoms with Gasteiger partial charge in [-0.05, 0) is 74.2 Å². The molecule has 0 aliphatic carbocycles. The lowest BCUT2D eigenvalue weighted by atomic mass is 9.66. The van der Waals surface area contributed by atoms with Gasteiger partial charge in [0, 0.05) is 47.4 Å². The fraction of sp³-hybridized carbons (Fsp3) is 0.424. The van der Waals surface area contributed by atoms with Crippen molar-refractivity contribution in [3.05, 3.63) is 94.3 Å². The lowest BCUT2D eigenvalue weighted by molar-refractivity contribution is -0.125. The number of nitrogens with zero attached hydrogens (tertiary/aromatic N) is 2. The summed E-state index contributed by atoms with van der Waals surface area (Å²) in [6.45, 7) is 10.8. The summed E-state index contributed by atoms with van der Waals surface area (Å²) in [5.41, 5.74) is 2.72. The molecule has 5 rings (SSSR count). The van der Waals surface area contributed by atoms with E-state index >= 15 is 0 Å². The van der Waals surface area contributed by atoms with Crippen LogP contribution < -0.4 is 9.47 Å². The summed E-state index contributed by atoms with van der Waals surface area (Å²) in [5.74, 6) is 1.47. The van der Waals surface area contributed by atoms with Crippen molar-refractivity contribution in [1.82, 2.24) is 9.88 Å². The molecule has 3 aromatic rings. The monoisotopic (exact) mass is 562 g/mol. The number of pyridine rings is 1. The number of likely N-dealkylation sites (tertiary alicyclic amines) is 1. The van der Waals surface area contributed by atoms with Gasteiger partial charge in [0.2, 0.25) is 0 Å². The molecule has 1 saturated heterocycles. The first-order valence-electron chi connectivity index (χ1n) is 13.9. The van der Waals surface area contributed by atoms with E-state index in [0.717, 1.165) is 59.8 Å². The van der Waals surface area contributed by atoms with Gasteiger partial charge in [0.1, 0.15) is 24.7 Å². The molecule has 0 bridgehead atoms. The zero-order chi connectivity index (χ0) is 28.5. The zero-order valence-corrected chi connectivity index (χ0v) is 24.5. The molecule has 1 unspecified atom stereocenters. The Kier molecular flexibility index (Phi) is 7.99. The number of ether oxygens (including phenoxy) is 2. The van der Waals surface area contributed by atoms with Crippen molar-refractivity contribution >= 4 is 17.2 Å². The number of rotatable bonds is 7.